The van der Waals surface area contributed by atoms with E-state index >= 15 is 0 Å². The van der Waals surface area contributed by atoms with Crippen LogP contribution < -0.4 is 5.32 Å². The molecular formula is C17H35NO. The lowest BCUT2D eigenvalue weighted by Crippen LogP contribution is -2.38. The van der Waals surface area contributed by atoms with Crippen LogP contribution in [0.25, 0.3) is 0 Å². The van der Waals surface area contributed by atoms with Gasteiger partial charge in [0, 0.05) is 19.3 Å². The first-order valence-electron chi connectivity index (χ1n) is 8.62. The third-order valence-corrected chi connectivity index (χ3v) is 4.70. The summed E-state index contributed by atoms with van der Waals surface area (Å²) in [5.41, 5.74) is 0. The van der Waals surface area contributed by atoms with Gasteiger partial charge in [0.25, 0.3) is 0 Å². The maximum atomic E-state index is 5.48. The predicted octanol–water partition coefficient (Wildman–Crippen LogP) is 4.39. The Morgan fingerprint density at radius 3 is 2.42 bits per heavy atom. The second kappa shape index (κ2) is 10.7. The summed E-state index contributed by atoms with van der Waals surface area (Å²) in [6.07, 6.45) is 10.9. The first-order valence-corrected chi connectivity index (χ1v) is 8.62. The molecule has 19 heavy (non-hydrogen) atoms. The van der Waals surface area contributed by atoms with Gasteiger partial charge in [-0.3, -0.25) is 0 Å². The monoisotopic (exact) mass is 269 g/mol. The molecule has 0 saturated heterocycles. The molecule has 1 unspecified atom stereocenters. The number of hydrogen-bond donors (Lipinski definition) is 1. The van der Waals surface area contributed by atoms with E-state index < -0.39 is 0 Å². The smallest absolute Gasteiger partial charge is 0.0466 e. The average molecular weight is 269 g/mol. The van der Waals surface area contributed by atoms with Gasteiger partial charge in [-0.25, -0.2) is 0 Å². The van der Waals surface area contributed by atoms with Crippen molar-refractivity contribution in [1.29, 1.82) is 0 Å². The highest BCUT2D eigenvalue weighted by atomic mass is 16.5. The van der Waals surface area contributed by atoms with Gasteiger partial charge in [0.15, 0.2) is 0 Å². The van der Waals surface area contributed by atoms with Gasteiger partial charge in [-0.2, -0.15) is 0 Å². The highest BCUT2D eigenvalue weighted by Crippen LogP contribution is 2.33. The molecule has 114 valence electrons. The predicted molar refractivity (Wildman–Crippen MR) is 83.5 cm³/mol. The summed E-state index contributed by atoms with van der Waals surface area (Å²) in [5.74, 6) is 1.92. The van der Waals surface area contributed by atoms with Crippen LogP contribution in [0.15, 0.2) is 0 Å². The van der Waals surface area contributed by atoms with E-state index in [2.05, 4.69) is 26.1 Å². The Hall–Kier alpha value is -0.0800. The van der Waals surface area contributed by atoms with Crippen LogP contribution in [-0.4, -0.2) is 25.8 Å². The molecule has 1 fully saturated rings. The molecule has 2 nitrogen and oxygen atoms in total. The Bertz CT molecular complexity index is 199. The molecule has 0 aliphatic heterocycles. The molecule has 2 heteroatoms. The van der Waals surface area contributed by atoms with Crippen molar-refractivity contribution in [2.75, 3.05) is 19.8 Å². The minimum Gasteiger partial charge on any atom is -0.382 e. The summed E-state index contributed by atoms with van der Waals surface area (Å²) in [6, 6.07) is 0.734. The molecule has 1 N–H and O–H groups in total. The van der Waals surface area contributed by atoms with Crippen LogP contribution in [0.5, 0.6) is 0 Å². The third kappa shape index (κ3) is 6.76. The fourth-order valence-electron chi connectivity index (χ4n) is 3.38. The van der Waals surface area contributed by atoms with Crippen molar-refractivity contribution in [1.82, 2.24) is 5.32 Å². The summed E-state index contributed by atoms with van der Waals surface area (Å²) in [6.45, 7) is 9.66. The van der Waals surface area contributed by atoms with E-state index in [1.54, 1.807) is 0 Å². The van der Waals surface area contributed by atoms with E-state index in [1.807, 2.05) is 0 Å². The second-order valence-corrected chi connectivity index (χ2v) is 6.09. The van der Waals surface area contributed by atoms with E-state index in [0.717, 1.165) is 31.1 Å². The van der Waals surface area contributed by atoms with E-state index in [-0.39, 0.29) is 0 Å². The highest BCUT2D eigenvalue weighted by Gasteiger charge is 2.26. The van der Waals surface area contributed by atoms with Crippen LogP contribution in [-0.2, 0) is 4.74 Å². The summed E-state index contributed by atoms with van der Waals surface area (Å²) in [5, 5.41) is 3.79. The van der Waals surface area contributed by atoms with E-state index in [9.17, 15) is 0 Å². The van der Waals surface area contributed by atoms with Gasteiger partial charge in [0.05, 0.1) is 0 Å². The van der Waals surface area contributed by atoms with Gasteiger partial charge < -0.3 is 10.1 Å². The van der Waals surface area contributed by atoms with Gasteiger partial charge in [0.1, 0.15) is 0 Å². The maximum absolute atomic E-state index is 5.48. The Labute approximate surface area is 120 Å². The highest BCUT2D eigenvalue weighted by molar-refractivity contribution is 4.81. The summed E-state index contributed by atoms with van der Waals surface area (Å²) >= 11 is 0. The topological polar surface area (TPSA) is 21.3 Å². The molecule has 1 aliphatic rings. The van der Waals surface area contributed by atoms with Crippen molar-refractivity contribution in [2.24, 2.45) is 11.8 Å². The van der Waals surface area contributed by atoms with Crippen molar-refractivity contribution in [3.63, 3.8) is 0 Å². The van der Waals surface area contributed by atoms with Crippen molar-refractivity contribution in [2.45, 2.75) is 78.2 Å². The average Bonchev–Trinajstić information content (AvgIpc) is 2.47. The molecule has 1 aliphatic carbocycles. The van der Waals surface area contributed by atoms with Crippen LogP contribution in [0.2, 0.25) is 0 Å². The zero-order valence-corrected chi connectivity index (χ0v) is 13.4. The van der Waals surface area contributed by atoms with Crippen LogP contribution in [0.4, 0.5) is 0 Å². The van der Waals surface area contributed by atoms with Crippen LogP contribution >= 0.6 is 0 Å². The summed E-state index contributed by atoms with van der Waals surface area (Å²) < 4.78 is 5.48. The van der Waals surface area contributed by atoms with Gasteiger partial charge in [-0.15, -0.1) is 0 Å². The number of rotatable bonds is 10. The molecule has 0 aromatic rings. The normalized spacial score (nSPS) is 25.4. The summed E-state index contributed by atoms with van der Waals surface area (Å²) in [7, 11) is 0. The van der Waals surface area contributed by atoms with Gasteiger partial charge >= 0.3 is 0 Å². The lowest BCUT2D eigenvalue weighted by atomic mass is 9.76. The Kier molecular flexibility index (Phi) is 9.54. The Morgan fingerprint density at radius 2 is 1.84 bits per heavy atom. The summed E-state index contributed by atoms with van der Waals surface area (Å²) in [4.78, 5) is 0. The quantitative estimate of drug-likeness (QED) is 0.594. The van der Waals surface area contributed by atoms with Gasteiger partial charge in [0.2, 0.25) is 0 Å². The van der Waals surface area contributed by atoms with Crippen LogP contribution in [0.1, 0.15) is 72.1 Å². The second-order valence-electron chi connectivity index (χ2n) is 6.09. The lowest BCUT2D eigenvalue weighted by Gasteiger charge is -2.34. The van der Waals surface area contributed by atoms with Crippen molar-refractivity contribution in [3.8, 4) is 0 Å². The largest absolute Gasteiger partial charge is 0.382 e. The first kappa shape index (κ1) is 17.0. The molecule has 0 heterocycles. The minimum absolute atomic E-state index is 0.734. The molecular weight excluding hydrogens is 234 g/mol. The Morgan fingerprint density at radius 1 is 1.11 bits per heavy atom. The zero-order valence-electron chi connectivity index (χ0n) is 13.4. The van der Waals surface area contributed by atoms with Crippen molar-refractivity contribution < 1.29 is 4.74 Å². The fraction of sp³-hybridized carbons (Fsp3) is 1.00. The fourth-order valence-corrected chi connectivity index (χ4v) is 3.38. The molecule has 0 amide bonds. The zero-order chi connectivity index (χ0) is 13.9. The first-order chi connectivity index (χ1) is 9.31. The molecule has 0 aromatic carbocycles. The molecule has 1 rings (SSSR count). The van der Waals surface area contributed by atoms with E-state index in [4.69, 9.17) is 4.74 Å². The SMILES string of the molecule is CCCNC(CCCOCC)C1CCC(CC)CC1. The molecule has 0 spiro atoms. The van der Waals surface area contributed by atoms with Crippen molar-refractivity contribution in [3.05, 3.63) is 0 Å². The molecule has 0 bridgehead atoms. The van der Waals surface area contributed by atoms with E-state index in [0.29, 0.717) is 0 Å². The minimum atomic E-state index is 0.734. The van der Waals surface area contributed by atoms with Crippen molar-refractivity contribution >= 4 is 0 Å². The Balaban J connectivity index is 2.31. The third-order valence-electron chi connectivity index (χ3n) is 4.70. The molecule has 1 atom stereocenters. The lowest BCUT2D eigenvalue weighted by molar-refractivity contribution is 0.133. The van der Waals surface area contributed by atoms with E-state index in [1.165, 1.54) is 57.9 Å². The number of ether oxygens (including phenoxy) is 1. The van der Waals surface area contributed by atoms with Crippen LogP contribution in [0.3, 0.4) is 0 Å². The molecule has 1 saturated carbocycles. The van der Waals surface area contributed by atoms with Gasteiger partial charge in [-0.1, -0.05) is 33.1 Å². The molecule has 0 radical (unpaired) electrons. The molecule has 0 aromatic heterocycles. The maximum Gasteiger partial charge on any atom is 0.0466 e. The standard InChI is InChI=1S/C17H35NO/c1-4-13-18-17(8-7-14-19-6-3)16-11-9-15(5-2)10-12-16/h15-18H,4-14H2,1-3H3. The van der Waals surface area contributed by atoms with Gasteiger partial charge in [-0.05, 0) is 57.4 Å². The van der Waals surface area contributed by atoms with Crippen LogP contribution in [0, 0.1) is 11.8 Å². The number of nitrogens with one attached hydrogen (secondary N) is 1. The number of hydrogen-bond acceptors (Lipinski definition) is 2.